The number of nitrogens with one attached hydrogen (secondary N) is 1. The average molecular weight is 673 g/mol. The molecule has 2 fully saturated rings. The molecule has 3 heterocycles. The van der Waals surface area contributed by atoms with E-state index in [-0.39, 0.29) is 35.0 Å². The van der Waals surface area contributed by atoms with Crippen molar-refractivity contribution >= 4 is 46.0 Å². The molecule has 0 saturated carbocycles. The fourth-order valence-electron chi connectivity index (χ4n) is 6.30. The molecule has 0 radical (unpaired) electrons. The number of para-hydroxylation sites is 1. The summed E-state index contributed by atoms with van der Waals surface area (Å²) in [6, 6.07) is 18.3. The minimum Gasteiger partial charge on any atom is -0.493 e. The van der Waals surface area contributed by atoms with Crippen molar-refractivity contribution in [1.29, 1.82) is 0 Å². The van der Waals surface area contributed by atoms with E-state index in [9.17, 15) is 19.2 Å². The standard InChI is InChI=1S/C36H37ClN4O7/c1-46-31-19-26-29(42)20-33(48-30(26)21-32(31)47-2)35(44)38-27(18-23-9-11-25(37)12-10-23)36(45)40-16-14-39(15-17-40)28-7-4-3-6-24(28)22-41-13-5-8-34(41)43/h3-4,6-7,9-12,19-21,27H,5,8,13-18,22H2,1-2H3,(H,38,44)/t27-/m1/s1. The van der Waals surface area contributed by atoms with Crippen molar-refractivity contribution < 1.29 is 28.3 Å². The summed E-state index contributed by atoms with van der Waals surface area (Å²) >= 11 is 6.10. The second-order valence-electron chi connectivity index (χ2n) is 11.9. The van der Waals surface area contributed by atoms with Gasteiger partial charge in [-0.25, -0.2) is 0 Å². The second-order valence-corrected chi connectivity index (χ2v) is 12.3. The molecule has 12 heteroatoms. The van der Waals surface area contributed by atoms with E-state index in [0.717, 1.165) is 35.8 Å². The van der Waals surface area contributed by atoms with E-state index < -0.39 is 17.4 Å². The topological polar surface area (TPSA) is 122 Å². The predicted molar refractivity (Wildman–Crippen MR) is 182 cm³/mol. The van der Waals surface area contributed by atoms with Crippen LogP contribution in [0.25, 0.3) is 11.0 Å². The lowest BCUT2D eigenvalue weighted by molar-refractivity contribution is -0.133. The highest BCUT2D eigenvalue weighted by atomic mass is 35.5. The molecule has 6 rings (SSSR count). The number of rotatable bonds is 10. The largest absolute Gasteiger partial charge is 0.493 e. The van der Waals surface area contributed by atoms with Crippen LogP contribution in [0.1, 0.15) is 34.5 Å². The van der Waals surface area contributed by atoms with Crippen LogP contribution < -0.4 is 25.1 Å². The first-order valence-corrected chi connectivity index (χ1v) is 16.3. The summed E-state index contributed by atoms with van der Waals surface area (Å²) in [6.07, 6.45) is 1.68. The molecule has 0 spiro atoms. The minimum absolute atomic E-state index is 0.149. The Hall–Kier alpha value is -5.03. The molecular weight excluding hydrogens is 636 g/mol. The smallest absolute Gasteiger partial charge is 0.287 e. The van der Waals surface area contributed by atoms with Crippen molar-refractivity contribution in [3.05, 3.63) is 98.9 Å². The summed E-state index contributed by atoms with van der Waals surface area (Å²) < 4.78 is 16.5. The van der Waals surface area contributed by atoms with Crippen molar-refractivity contribution in [2.45, 2.75) is 31.8 Å². The Balaban J connectivity index is 1.20. The lowest BCUT2D eigenvalue weighted by Crippen LogP contribution is -2.55. The van der Waals surface area contributed by atoms with Crippen LogP contribution in [0.5, 0.6) is 11.5 Å². The Morgan fingerprint density at radius 3 is 2.31 bits per heavy atom. The molecule has 4 aromatic rings. The molecule has 1 atom stereocenters. The van der Waals surface area contributed by atoms with Gasteiger partial charge in [-0.2, -0.15) is 0 Å². The molecule has 0 unspecified atom stereocenters. The van der Waals surface area contributed by atoms with Crippen LogP contribution in [-0.4, -0.2) is 80.5 Å². The normalized spacial score (nSPS) is 15.5. The van der Waals surface area contributed by atoms with Gasteiger partial charge in [-0.15, -0.1) is 0 Å². The van der Waals surface area contributed by atoms with Crippen LogP contribution in [0.15, 0.2) is 75.9 Å². The maximum Gasteiger partial charge on any atom is 0.287 e. The summed E-state index contributed by atoms with van der Waals surface area (Å²) in [5.41, 5.74) is 2.65. The third kappa shape index (κ3) is 7.11. The van der Waals surface area contributed by atoms with Gasteiger partial charge in [-0.1, -0.05) is 41.9 Å². The van der Waals surface area contributed by atoms with Crippen LogP contribution in [-0.2, 0) is 22.6 Å². The number of benzene rings is 3. The van der Waals surface area contributed by atoms with Crippen molar-refractivity contribution in [3.8, 4) is 11.5 Å². The Bertz CT molecular complexity index is 1890. The van der Waals surface area contributed by atoms with Crippen molar-refractivity contribution in [3.63, 3.8) is 0 Å². The monoisotopic (exact) mass is 672 g/mol. The first-order chi connectivity index (χ1) is 23.2. The van der Waals surface area contributed by atoms with Crippen LogP contribution in [0.4, 0.5) is 5.69 Å². The van der Waals surface area contributed by atoms with Gasteiger partial charge < -0.3 is 33.9 Å². The molecular formula is C36H37ClN4O7. The molecule has 2 saturated heterocycles. The van der Waals surface area contributed by atoms with Gasteiger partial charge in [0, 0.05) is 75.0 Å². The number of hydrogen-bond donors (Lipinski definition) is 1. The number of anilines is 1. The summed E-state index contributed by atoms with van der Waals surface area (Å²) in [5, 5.41) is 3.61. The number of methoxy groups -OCH3 is 2. The fraction of sp³-hybridized carbons (Fsp3) is 0.333. The average Bonchev–Trinajstić information content (AvgIpc) is 3.51. The van der Waals surface area contributed by atoms with Gasteiger partial charge >= 0.3 is 0 Å². The molecule has 3 amide bonds. The van der Waals surface area contributed by atoms with Crippen LogP contribution in [0, 0.1) is 0 Å². The Morgan fingerprint density at radius 2 is 1.62 bits per heavy atom. The van der Waals surface area contributed by atoms with E-state index in [1.807, 2.05) is 35.2 Å². The number of nitrogens with zero attached hydrogens (tertiary/aromatic N) is 3. The van der Waals surface area contributed by atoms with Crippen molar-refractivity contribution in [2.24, 2.45) is 0 Å². The molecule has 3 aromatic carbocycles. The van der Waals surface area contributed by atoms with Gasteiger partial charge in [0.05, 0.1) is 19.6 Å². The summed E-state index contributed by atoms with van der Waals surface area (Å²) in [4.78, 5) is 58.8. The van der Waals surface area contributed by atoms with E-state index >= 15 is 0 Å². The SMILES string of the molecule is COc1cc2oc(C(=O)N[C@H](Cc3ccc(Cl)cc3)C(=O)N3CCN(c4ccccc4CN4CCCC4=O)CC3)cc(=O)c2cc1OC. The Labute approximate surface area is 283 Å². The molecule has 1 aromatic heterocycles. The molecule has 0 aliphatic carbocycles. The van der Waals surface area contributed by atoms with Gasteiger partial charge in [-0.05, 0) is 41.8 Å². The first kappa shape index (κ1) is 32.9. The maximum atomic E-state index is 14.0. The number of piperazine rings is 1. The molecule has 48 heavy (non-hydrogen) atoms. The number of likely N-dealkylation sites (tertiary alicyclic amines) is 1. The quantitative estimate of drug-likeness (QED) is 0.265. The number of ether oxygens (including phenoxy) is 2. The lowest BCUT2D eigenvalue weighted by atomic mass is 10.0. The van der Waals surface area contributed by atoms with E-state index in [2.05, 4.69) is 16.3 Å². The van der Waals surface area contributed by atoms with Gasteiger partial charge in [0.1, 0.15) is 11.6 Å². The molecule has 0 bridgehead atoms. The third-order valence-electron chi connectivity index (χ3n) is 8.87. The van der Waals surface area contributed by atoms with E-state index in [0.29, 0.717) is 55.7 Å². The first-order valence-electron chi connectivity index (χ1n) is 15.9. The number of fused-ring (bicyclic) bond motifs is 1. The summed E-state index contributed by atoms with van der Waals surface area (Å²) in [7, 11) is 2.92. The van der Waals surface area contributed by atoms with Gasteiger partial charge in [-0.3, -0.25) is 19.2 Å². The molecule has 250 valence electrons. The second kappa shape index (κ2) is 14.4. The van der Waals surface area contributed by atoms with Crippen molar-refractivity contribution in [1.82, 2.24) is 15.1 Å². The molecule has 2 aliphatic rings. The van der Waals surface area contributed by atoms with Crippen LogP contribution in [0.3, 0.4) is 0 Å². The zero-order chi connectivity index (χ0) is 33.8. The highest BCUT2D eigenvalue weighted by molar-refractivity contribution is 6.30. The number of amides is 3. The van der Waals surface area contributed by atoms with E-state index in [1.54, 1.807) is 17.0 Å². The summed E-state index contributed by atoms with van der Waals surface area (Å²) in [6.45, 7) is 3.38. The third-order valence-corrected chi connectivity index (χ3v) is 9.12. The number of carbonyl (C=O) groups is 3. The molecule has 2 aliphatic heterocycles. The zero-order valence-electron chi connectivity index (χ0n) is 26.9. The van der Waals surface area contributed by atoms with Crippen molar-refractivity contribution in [2.75, 3.05) is 51.8 Å². The maximum absolute atomic E-state index is 14.0. The van der Waals surface area contributed by atoms with Gasteiger partial charge in [0.2, 0.25) is 11.8 Å². The Morgan fingerprint density at radius 1 is 0.917 bits per heavy atom. The highest BCUT2D eigenvalue weighted by Gasteiger charge is 2.31. The minimum atomic E-state index is -0.940. The fourth-order valence-corrected chi connectivity index (χ4v) is 6.42. The van der Waals surface area contributed by atoms with Gasteiger partial charge in [0.25, 0.3) is 5.91 Å². The number of halogens is 1. The highest BCUT2D eigenvalue weighted by Crippen LogP contribution is 2.31. The van der Waals surface area contributed by atoms with E-state index in [4.69, 9.17) is 25.5 Å². The molecule has 1 N–H and O–H groups in total. The van der Waals surface area contributed by atoms with Gasteiger partial charge in [0.15, 0.2) is 22.7 Å². The number of hydrogen-bond acceptors (Lipinski definition) is 8. The summed E-state index contributed by atoms with van der Waals surface area (Å²) in [5.74, 6) is -0.298. The van der Waals surface area contributed by atoms with Crippen LogP contribution >= 0.6 is 11.6 Å². The Kier molecular flexibility index (Phi) is 9.86. The lowest BCUT2D eigenvalue weighted by Gasteiger charge is -2.38. The van der Waals surface area contributed by atoms with Crippen LogP contribution in [0.2, 0.25) is 5.02 Å². The zero-order valence-corrected chi connectivity index (χ0v) is 27.6. The predicted octanol–water partition coefficient (Wildman–Crippen LogP) is 4.28. The van der Waals surface area contributed by atoms with E-state index in [1.165, 1.54) is 26.4 Å². The number of carbonyl (C=O) groups excluding carboxylic acids is 3. The molecule has 11 nitrogen and oxygen atoms in total.